The normalized spacial score (nSPS) is 17.6. The van der Waals surface area contributed by atoms with Gasteiger partial charge in [0.05, 0.1) is 0 Å². The van der Waals surface area contributed by atoms with E-state index in [1.165, 1.54) is 5.56 Å². The molecule has 6 heteroatoms. The van der Waals surface area contributed by atoms with Gasteiger partial charge in [0.25, 0.3) is 0 Å². The number of rotatable bonds is 4. The second kappa shape index (κ2) is 6.89. The Morgan fingerprint density at radius 3 is 2.67 bits per heavy atom. The van der Waals surface area contributed by atoms with Crippen molar-refractivity contribution in [2.24, 2.45) is 0 Å². The van der Waals surface area contributed by atoms with Crippen molar-refractivity contribution in [3.05, 3.63) is 78.8 Å². The molecule has 0 N–H and O–H groups in total. The molecule has 0 amide bonds. The van der Waals surface area contributed by atoms with Crippen LogP contribution in [-0.4, -0.2) is 42.6 Å². The molecule has 0 bridgehead atoms. The minimum atomic E-state index is 0.378. The molecule has 1 unspecified atom stereocenters. The van der Waals surface area contributed by atoms with E-state index in [1.807, 2.05) is 47.5 Å². The largest absolute Gasteiger partial charge is 0.298 e. The Labute approximate surface area is 157 Å². The molecule has 1 saturated heterocycles. The zero-order chi connectivity index (χ0) is 18.1. The molecule has 1 fully saturated rings. The van der Waals surface area contributed by atoms with E-state index in [4.69, 9.17) is 10.1 Å². The molecule has 27 heavy (non-hydrogen) atoms. The lowest BCUT2D eigenvalue weighted by Crippen LogP contribution is -2.20. The average molecular weight is 356 g/mol. The van der Waals surface area contributed by atoms with Gasteiger partial charge in [-0.1, -0.05) is 12.1 Å². The predicted molar refractivity (Wildman–Crippen MR) is 103 cm³/mol. The Hall–Kier alpha value is -3.12. The fourth-order valence-electron chi connectivity index (χ4n) is 3.71. The fourth-order valence-corrected chi connectivity index (χ4v) is 3.71. The average Bonchev–Trinajstić information content (AvgIpc) is 3.35. The molecule has 5 rings (SSSR count). The minimum absolute atomic E-state index is 0.378. The molecule has 4 aromatic heterocycles. The number of hydrogen-bond acceptors (Lipinski definition) is 5. The van der Waals surface area contributed by atoms with Gasteiger partial charge in [0.1, 0.15) is 0 Å². The van der Waals surface area contributed by atoms with E-state index < -0.39 is 0 Å². The summed E-state index contributed by atoms with van der Waals surface area (Å²) >= 11 is 0. The first kappa shape index (κ1) is 16.1. The first-order chi connectivity index (χ1) is 13.3. The highest BCUT2D eigenvalue weighted by Crippen LogP contribution is 2.27. The first-order valence-electron chi connectivity index (χ1n) is 9.23. The van der Waals surface area contributed by atoms with Gasteiger partial charge in [-0.05, 0) is 42.8 Å². The summed E-state index contributed by atoms with van der Waals surface area (Å²) in [6, 6.07) is 12.2. The molecule has 4 aromatic rings. The Bertz CT molecular complexity index is 1040. The van der Waals surface area contributed by atoms with Gasteiger partial charge in [-0.3, -0.25) is 14.9 Å². The Morgan fingerprint density at radius 1 is 0.963 bits per heavy atom. The van der Waals surface area contributed by atoms with E-state index in [0.717, 1.165) is 48.7 Å². The Balaban J connectivity index is 1.35. The van der Waals surface area contributed by atoms with Crippen LogP contribution in [0.15, 0.2) is 67.4 Å². The van der Waals surface area contributed by atoms with Crippen LogP contribution in [0.3, 0.4) is 0 Å². The van der Waals surface area contributed by atoms with E-state index in [0.29, 0.717) is 5.92 Å². The standard InChI is InChI=1S/C21H20N6/c1-3-16(11-22-8-1)13-26-10-7-19(14-26)21-24-20-6-5-18(15-27(20)25-21)17-4-2-9-23-12-17/h1-6,8-9,11-12,15,19H,7,10,13-14H2. The van der Waals surface area contributed by atoms with Crippen LogP contribution < -0.4 is 0 Å². The lowest BCUT2D eigenvalue weighted by molar-refractivity contribution is 0.325. The number of fused-ring (bicyclic) bond motifs is 1. The number of aromatic nitrogens is 5. The second-order valence-electron chi connectivity index (χ2n) is 7.01. The van der Waals surface area contributed by atoms with Crippen LogP contribution >= 0.6 is 0 Å². The van der Waals surface area contributed by atoms with E-state index in [9.17, 15) is 0 Å². The summed E-state index contributed by atoms with van der Waals surface area (Å²) in [6.07, 6.45) is 10.5. The van der Waals surface area contributed by atoms with Crippen LogP contribution in [0, 0.1) is 0 Å². The summed E-state index contributed by atoms with van der Waals surface area (Å²) < 4.78 is 1.89. The van der Waals surface area contributed by atoms with Crippen molar-refractivity contribution >= 4 is 5.65 Å². The van der Waals surface area contributed by atoms with Gasteiger partial charge < -0.3 is 0 Å². The van der Waals surface area contributed by atoms with Gasteiger partial charge in [0.15, 0.2) is 11.5 Å². The minimum Gasteiger partial charge on any atom is -0.298 e. The third-order valence-corrected chi connectivity index (χ3v) is 5.11. The van der Waals surface area contributed by atoms with Crippen molar-refractivity contribution in [2.75, 3.05) is 13.1 Å². The van der Waals surface area contributed by atoms with Crippen LogP contribution in [0.4, 0.5) is 0 Å². The number of nitrogens with zero attached hydrogens (tertiary/aromatic N) is 6. The number of likely N-dealkylation sites (tertiary alicyclic amines) is 1. The van der Waals surface area contributed by atoms with E-state index in [1.54, 1.807) is 6.20 Å². The lowest BCUT2D eigenvalue weighted by Gasteiger charge is -2.14. The highest BCUT2D eigenvalue weighted by atomic mass is 15.3. The predicted octanol–water partition coefficient (Wildman–Crippen LogP) is 3.18. The van der Waals surface area contributed by atoms with Gasteiger partial charge in [-0.25, -0.2) is 9.50 Å². The molecule has 1 aliphatic rings. The van der Waals surface area contributed by atoms with Crippen molar-refractivity contribution in [1.29, 1.82) is 0 Å². The van der Waals surface area contributed by atoms with Crippen LogP contribution in [0.1, 0.15) is 23.7 Å². The number of hydrogen-bond donors (Lipinski definition) is 0. The Morgan fingerprint density at radius 2 is 1.85 bits per heavy atom. The maximum atomic E-state index is 4.77. The molecular formula is C21H20N6. The molecular weight excluding hydrogens is 336 g/mol. The number of pyridine rings is 3. The fraction of sp³-hybridized carbons (Fsp3) is 0.238. The summed E-state index contributed by atoms with van der Waals surface area (Å²) in [5.41, 5.74) is 4.32. The maximum Gasteiger partial charge on any atom is 0.156 e. The molecule has 0 aliphatic carbocycles. The van der Waals surface area contributed by atoms with Crippen LogP contribution in [0.25, 0.3) is 16.8 Å². The SMILES string of the molecule is c1cncc(CN2CCC(c3nc4ccc(-c5cccnc5)cn4n3)C2)c1. The summed E-state index contributed by atoms with van der Waals surface area (Å²) in [5.74, 6) is 1.32. The molecule has 134 valence electrons. The molecule has 0 aromatic carbocycles. The summed E-state index contributed by atoms with van der Waals surface area (Å²) in [6.45, 7) is 2.99. The third-order valence-electron chi connectivity index (χ3n) is 5.11. The molecule has 6 nitrogen and oxygen atoms in total. The smallest absolute Gasteiger partial charge is 0.156 e. The summed E-state index contributed by atoms with van der Waals surface area (Å²) in [7, 11) is 0. The van der Waals surface area contributed by atoms with Gasteiger partial charge in [-0.15, -0.1) is 0 Å². The van der Waals surface area contributed by atoms with Crippen LogP contribution in [0.5, 0.6) is 0 Å². The van der Waals surface area contributed by atoms with Crippen molar-refractivity contribution in [2.45, 2.75) is 18.9 Å². The zero-order valence-electron chi connectivity index (χ0n) is 14.9. The van der Waals surface area contributed by atoms with Crippen LogP contribution in [0.2, 0.25) is 0 Å². The van der Waals surface area contributed by atoms with Crippen molar-refractivity contribution in [3.63, 3.8) is 0 Å². The monoisotopic (exact) mass is 356 g/mol. The van der Waals surface area contributed by atoms with Gasteiger partial charge in [0.2, 0.25) is 0 Å². The molecule has 0 saturated carbocycles. The second-order valence-corrected chi connectivity index (χ2v) is 7.01. The van der Waals surface area contributed by atoms with Crippen molar-refractivity contribution in [3.8, 4) is 11.1 Å². The van der Waals surface area contributed by atoms with Crippen molar-refractivity contribution in [1.82, 2.24) is 29.5 Å². The summed E-state index contributed by atoms with van der Waals surface area (Å²) in [4.78, 5) is 15.6. The first-order valence-corrected chi connectivity index (χ1v) is 9.23. The highest BCUT2D eigenvalue weighted by Gasteiger charge is 2.27. The molecule has 0 radical (unpaired) electrons. The lowest BCUT2D eigenvalue weighted by atomic mass is 10.1. The maximum absolute atomic E-state index is 4.77. The molecule has 5 heterocycles. The van der Waals surface area contributed by atoms with Gasteiger partial charge in [-0.2, -0.15) is 5.10 Å². The molecule has 1 aliphatic heterocycles. The van der Waals surface area contributed by atoms with E-state index >= 15 is 0 Å². The van der Waals surface area contributed by atoms with Gasteiger partial charge >= 0.3 is 0 Å². The van der Waals surface area contributed by atoms with Crippen molar-refractivity contribution < 1.29 is 0 Å². The van der Waals surface area contributed by atoms with Gasteiger partial charge in [0, 0.05) is 61.1 Å². The zero-order valence-corrected chi connectivity index (χ0v) is 14.9. The molecule has 0 spiro atoms. The Kier molecular flexibility index (Phi) is 4.10. The quantitative estimate of drug-likeness (QED) is 0.562. The highest BCUT2D eigenvalue weighted by molar-refractivity contribution is 5.63. The van der Waals surface area contributed by atoms with E-state index in [-0.39, 0.29) is 0 Å². The molecule has 1 atom stereocenters. The van der Waals surface area contributed by atoms with E-state index in [2.05, 4.69) is 33.1 Å². The van der Waals surface area contributed by atoms with Crippen LogP contribution in [-0.2, 0) is 6.54 Å². The topological polar surface area (TPSA) is 59.2 Å². The third kappa shape index (κ3) is 3.31. The summed E-state index contributed by atoms with van der Waals surface area (Å²) in [5, 5.41) is 4.77.